The van der Waals surface area contributed by atoms with Crippen LogP contribution < -0.4 is 5.32 Å². The molecule has 7 nitrogen and oxygen atoms in total. The summed E-state index contributed by atoms with van der Waals surface area (Å²) in [5.74, 6) is -1.18. The molecule has 4 atom stereocenters. The van der Waals surface area contributed by atoms with Gasteiger partial charge in [0.1, 0.15) is 0 Å². The summed E-state index contributed by atoms with van der Waals surface area (Å²) in [5, 5.41) is 6.27. The molecule has 0 unspecified atom stereocenters. The summed E-state index contributed by atoms with van der Waals surface area (Å²) in [6.07, 6.45) is 0.0169. The molecule has 2 rings (SSSR count). The van der Waals surface area contributed by atoms with Crippen LogP contribution in [-0.4, -0.2) is 37.0 Å². The SMILES string of the molecule is CNC(=O)[C@H]1C[C@@H]2OC(C)(C)O[C@@H]2[C@@H]1N=[N+]=[N-]. The van der Waals surface area contributed by atoms with Gasteiger partial charge in [0.15, 0.2) is 5.79 Å². The topological polar surface area (TPSA) is 96.3 Å². The maximum Gasteiger partial charge on any atom is 0.223 e. The first-order chi connectivity index (χ1) is 7.98. The second-order valence-electron chi connectivity index (χ2n) is 4.79. The average molecular weight is 240 g/mol. The molecule has 0 aromatic rings. The van der Waals surface area contributed by atoms with E-state index >= 15 is 0 Å². The molecular weight excluding hydrogens is 224 g/mol. The summed E-state index contributed by atoms with van der Waals surface area (Å²) in [4.78, 5) is 14.5. The lowest BCUT2D eigenvalue weighted by atomic mass is 10.0. The fourth-order valence-corrected chi connectivity index (χ4v) is 2.61. The minimum Gasteiger partial charge on any atom is -0.359 e. The Morgan fingerprint density at radius 2 is 2.24 bits per heavy atom. The van der Waals surface area contributed by atoms with Crippen molar-refractivity contribution in [2.24, 2.45) is 11.0 Å². The summed E-state index contributed by atoms with van der Waals surface area (Å²) in [6, 6.07) is -0.494. The molecule has 2 aliphatic rings. The summed E-state index contributed by atoms with van der Waals surface area (Å²) >= 11 is 0. The Balaban J connectivity index is 2.21. The summed E-state index contributed by atoms with van der Waals surface area (Å²) in [7, 11) is 1.56. The lowest BCUT2D eigenvalue weighted by Gasteiger charge is -2.23. The molecule has 1 saturated heterocycles. The van der Waals surface area contributed by atoms with Gasteiger partial charge in [-0.05, 0) is 25.8 Å². The Kier molecular flexibility index (Phi) is 2.99. The first-order valence-electron chi connectivity index (χ1n) is 5.60. The van der Waals surface area contributed by atoms with Gasteiger partial charge in [0.2, 0.25) is 5.91 Å². The normalized spacial score (nSPS) is 38.3. The molecule has 94 valence electrons. The van der Waals surface area contributed by atoms with E-state index in [-0.39, 0.29) is 24.0 Å². The molecule has 0 radical (unpaired) electrons. The van der Waals surface area contributed by atoms with Gasteiger partial charge in [-0.25, -0.2) is 0 Å². The third kappa shape index (κ3) is 2.09. The largest absolute Gasteiger partial charge is 0.359 e. The fraction of sp³-hybridized carbons (Fsp3) is 0.900. The van der Waals surface area contributed by atoms with Gasteiger partial charge in [-0.2, -0.15) is 0 Å². The van der Waals surface area contributed by atoms with Gasteiger partial charge in [0.05, 0.1) is 24.2 Å². The summed E-state index contributed by atoms with van der Waals surface area (Å²) in [6.45, 7) is 3.63. The van der Waals surface area contributed by atoms with E-state index in [9.17, 15) is 4.79 Å². The van der Waals surface area contributed by atoms with Crippen LogP contribution >= 0.6 is 0 Å². The lowest BCUT2D eigenvalue weighted by Crippen LogP contribution is -2.37. The van der Waals surface area contributed by atoms with Crippen LogP contribution in [0.3, 0.4) is 0 Å². The first kappa shape index (κ1) is 12.2. The molecule has 1 aliphatic heterocycles. The van der Waals surface area contributed by atoms with E-state index in [0.29, 0.717) is 6.42 Å². The maximum absolute atomic E-state index is 11.7. The van der Waals surface area contributed by atoms with Crippen LogP contribution in [0.15, 0.2) is 5.11 Å². The monoisotopic (exact) mass is 240 g/mol. The van der Waals surface area contributed by atoms with E-state index in [0.717, 1.165) is 0 Å². The molecule has 0 spiro atoms. The standard InChI is InChI=1S/C10H16N4O3/c1-10(2)16-6-4-5(9(15)12-3)7(13-14-11)8(6)17-10/h5-8H,4H2,1-3H3,(H,12,15)/t5-,6-,7+,8-/m0/s1. The van der Waals surface area contributed by atoms with Crippen molar-refractivity contribution in [2.45, 2.75) is 44.3 Å². The number of rotatable bonds is 2. The van der Waals surface area contributed by atoms with Crippen LogP contribution in [0.2, 0.25) is 0 Å². The van der Waals surface area contributed by atoms with Crippen molar-refractivity contribution >= 4 is 5.91 Å². The smallest absolute Gasteiger partial charge is 0.223 e. The number of nitrogens with zero attached hydrogens (tertiary/aromatic N) is 3. The molecule has 1 saturated carbocycles. The third-order valence-corrected chi connectivity index (χ3v) is 3.22. The highest BCUT2D eigenvalue weighted by Crippen LogP contribution is 2.42. The van der Waals surface area contributed by atoms with Crippen LogP contribution in [0, 0.1) is 5.92 Å². The second kappa shape index (κ2) is 4.18. The molecule has 0 aromatic heterocycles. The zero-order valence-electron chi connectivity index (χ0n) is 10.1. The fourth-order valence-electron chi connectivity index (χ4n) is 2.61. The molecule has 1 N–H and O–H groups in total. The maximum atomic E-state index is 11.7. The zero-order chi connectivity index (χ0) is 12.6. The van der Waals surface area contributed by atoms with Gasteiger partial charge in [-0.1, -0.05) is 5.11 Å². The first-order valence-corrected chi connectivity index (χ1v) is 5.60. The number of azide groups is 1. The van der Waals surface area contributed by atoms with Gasteiger partial charge in [0, 0.05) is 12.0 Å². The molecule has 7 heteroatoms. The van der Waals surface area contributed by atoms with Gasteiger partial charge >= 0.3 is 0 Å². The molecule has 1 heterocycles. The highest BCUT2D eigenvalue weighted by Gasteiger charge is 2.54. The van der Waals surface area contributed by atoms with Crippen molar-refractivity contribution in [1.29, 1.82) is 0 Å². The summed E-state index contributed by atoms with van der Waals surface area (Å²) < 4.78 is 11.4. The Morgan fingerprint density at radius 1 is 1.53 bits per heavy atom. The van der Waals surface area contributed by atoms with Crippen molar-refractivity contribution < 1.29 is 14.3 Å². The van der Waals surface area contributed by atoms with Crippen LogP contribution in [0.5, 0.6) is 0 Å². The van der Waals surface area contributed by atoms with Crippen molar-refractivity contribution in [3.63, 3.8) is 0 Å². The Labute approximate surface area is 99.1 Å². The number of nitrogens with one attached hydrogen (secondary N) is 1. The van der Waals surface area contributed by atoms with Gasteiger partial charge in [-0.3, -0.25) is 4.79 Å². The van der Waals surface area contributed by atoms with E-state index in [1.54, 1.807) is 7.05 Å². The van der Waals surface area contributed by atoms with E-state index < -0.39 is 11.8 Å². The van der Waals surface area contributed by atoms with Crippen molar-refractivity contribution in [2.75, 3.05) is 7.05 Å². The number of fused-ring (bicyclic) bond motifs is 1. The second-order valence-corrected chi connectivity index (χ2v) is 4.79. The molecule has 0 aromatic carbocycles. The molecule has 2 fully saturated rings. The third-order valence-electron chi connectivity index (χ3n) is 3.22. The number of hydrogen-bond acceptors (Lipinski definition) is 4. The molecule has 17 heavy (non-hydrogen) atoms. The highest BCUT2D eigenvalue weighted by molar-refractivity contribution is 5.79. The minimum atomic E-state index is -0.674. The predicted molar refractivity (Wildman–Crippen MR) is 58.9 cm³/mol. The Hall–Kier alpha value is -1.30. The highest BCUT2D eigenvalue weighted by atomic mass is 16.8. The number of ether oxygens (including phenoxy) is 2. The van der Waals surface area contributed by atoms with Gasteiger partial charge in [0.25, 0.3) is 0 Å². The zero-order valence-corrected chi connectivity index (χ0v) is 10.1. The van der Waals surface area contributed by atoms with Crippen LogP contribution in [-0.2, 0) is 14.3 Å². The van der Waals surface area contributed by atoms with Crippen molar-refractivity contribution in [1.82, 2.24) is 5.32 Å². The quantitative estimate of drug-likeness (QED) is 0.442. The Morgan fingerprint density at radius 3 is 2.82 bits per heavy atom. The van der Waals surface area contributed by atoms with Crippen molar-refractivity contribution in [3.8, 4) is 0 Å². The molecular formula is C10H16N4O3. The Bertz CT molecular complexity index is 378. The predicted octanol–water partition coefficient (Wildman–Crippen LogP) is 0.951. The molecule has 0 bridgehead atoms. The minimum absolute atomic E-state index is 0.137. The van der Waals surface area contributed by atoms with Crippen LogP contribution in [0.1, 0.15) is 20.3 Å². The van der Waals surface area contributed by atoms with E-state index in [1.165, 1.54) is 0 Å². The van der Waals surface area contributed by atoms with Crippen LogP contribution in [0.25, 0.3) is 10.4 Å². The van der Waals surface area contributed by atoms with Crippen LogP contribution in [0.4, 0.5) is 0 Å². The lowest BCUT2D eigenvalue weighted by molar-refractivity contribution is -0.158. The van der Waals surface area contributed by atoms with Gasteiger partial charge in [-0.15, -0.1) is 0 Å². The number of carbonyl (C=O) groups excluding carboxylic acids is 1. The van der Waals surface area contributed by atoms with E-state index in [1.807, 2.05) is 13.8 Å². The van der Waals surface area contributed by atoms with E-state index in [2.05, 4.69) is 15.3 Å². The molecule has 1 amide bonds. The van der Waals surface area contributed by atoms with Crippen molar-refractivity contribution in [3.05, 3.63) is 10.4 Å². The van der Waals surface area contributed by atoms with E-state index in [4.69, 9.17) is 15.0 Å². The number of carbonyl (C=O) groups is 1. The number of hydrogen-bond donors (Lipinski definition) is 1. The molecule has 1 aliphatic carbocycles. The van der Waals surface area contributed by atoms with Gasteiger partial charge < -0.3 is 14.8 Å². The average Bonchev–Trinajstić information content (AvgIpc) is 2.72. The summed E-state index contributed by atoms with van der Waals surface area (Å²) in [5.41, 5.74) is 8.58. The number of amides is 1.